The van der Waals surface area contributed by atoms with E-state index in [1.54, 1.807) is 0 Å². The molecule has 2 rings (SSSR count). The number of hydrogen-bond donors (Lipinski definition) is 1. The van der Waals surface area contributed by atoms with E-state index in [4.69, 9.17) is 11.6 Å². The average Bonchev–Trinajstić information content (AvgIpc) is 2.63. The average molecular weight is 280 g/mol. The molecule has 2 heteroatoms. The monoisotopic (exact) mass is 279 g/mol. The maximum atomic E-state index is 6.02. The number of benzene rings is 1. The molecule has 0 spiro atoms. The van der Waals surface area contributed by atoms with Gasteiger partial charge < -0.3 is 5.32 Å². The third kappa shape index (κ3) is 5.16. The highest BCUT2D eigenvalue weighted by Crippen LogP contribution is 2.26. The molecular weight excluding hydrogens is 254 g/mol. The Labute approximate surface area is 122 Å². The largest absolute Gasteiger partial charge is 0.310 e. The molecule has 1 fully saturated rings. The van der Waals surface area contributed by atoms with E-state index < -0.39 is 0 Å². The molecule has 0 radical (unpaired) electrons. The van der Waals surface area contributed by atoms with Crippen LogP contribution in [0, 0.1) is 5.92 Å². The zero-order valence-corrected chi connectivity index (χ0v) is 12.8. The number of rotatable bonds is 5. The molecule has 0 aliphatic heterocycles. The first kappa shape index (κ1) is 14.9. The second kappa shape index (κ2) is 7.91. The van der Waals surface area contributed by atoms with Gasteiger partial charge in [-0.1, -0.05) is 56.3 Å². The summed E-state index contributed by atoms with van der Waals surface area (Å²) < 4.78 is 0. The van der Waals surface area contributed by atoms with E-state index in [2.05, 4.69) is 24.4 Å². The van der Waals surface area contributed by atoms with Crippen molar-refractivity contribution in [1.82, 2.24) is 5.32 Å². The summed E-state index contributed by atoms with van der Waals surface area (Å²) >= 11 is 6.02. The SMILES string of the molecule is CCCC1CCCC(NCc2cccc(Cl)c2)CC1. The van der Waals surface area contributed by atoms with Crippen LogP contribution in [0.5, 0.6) is 0 Å². The van der Waals surface area contributed by atoms with Gasteiger partial charge in [0.05, 0.1) is 0 Å². The molecule has 0 bridgehead atoms. The van der Waals surface area contributed by atoms with Crippen LogP contribution in [0.2, 0.25) is 5.02 Å². The van der Waals surface area contributed by atoms with Crippen molar-refractivity contribution in [2.24, 2.45) is 5.92 Å². The number of nitrogens with one attached hydrogen (secondary N) is 1. The fourth-order valence-electron chi connectivity index (χ4n) is 3.19. The van der Waals surface area contributed by atoms with Gasteiger partial charge in [-0.3, -0.25) is 0 Å². The molecule has 0 heterocycles. The summed E-state index contributed by atoms with van der Waals surface area (Å²) in [5, 5.41) is 4.55. The van der Waals surface area contributed by atoms with E-state index in [0.29, 0.717) is 6.04 Å². The quantitative estimate of drug-likeness (QED) is 0.733. The van der Waals surface area contributed by atoms with E-state index in [9.17, 15) is 0 Å². The maximum Gasteiger partial charge on any atom is 0.0409 e. The second-order valence-electron chi connectivity index (χ2n) is 5.87. The van der Waals surface area contributed by atoms with Crippen LogP contribution in [-0.2, 0) is 6.54 Å². The van der Waals surface area contributed by atoms with Crippen molar-refractivity contribution in [3.63, 3.8) is 0 Å². The fourth-order valence-corrected chi connectivity index (χ4v) is 3.40. The van der Waals surface area contributed by atoms with Crippen molar-refractivity contribution in [2.45, 2.75) is 64.5 Å². The summed E-state index contributed by atoms with van der Waals surface area (Å²) in [6.07, 6.45) is 9.65. The molecule has 1 aliphatic carbocycles. The van der Waals surface area contributed by atoms with Crippen LogP contribution in [0.3, 0.4) is 0 Å². The summed E-state index contributed by atoms with van der Waals surface area (Å²) in [6.45, 7) is 3.25. The van der Waals surface area contributed by atoms with Crippen molar-refractivity contribution >= 4 is 11.6 Å². The van der Waals surface area contributed by atoms with E-state index in [0.717, 1.165) is 17.5 Å². The van der Waals surface area contributed by atoms with Crippen molar-refractivity contribution < 1.29 is 0 Å². The first-order valence-electron chi connectivity index (χ1n) is 7.75. The van der Waals surface area contributed by atoms with E-state index in [1.165, 1.54) is 50.5 Å². The van der Waals surface area contributed by atoms with Gasteiger partial charge in [-0.25, -0.2) is 0 Å². The van der Waals surface area contributed by atoms with Crippen molar-refractivity contribution in [3.05, 3.63) is 34.9 Å². The summed E-state index contributed by atoms with van der Waals surface area (Å²) in [5.41, 5.74) is 1.29. The fraction of sp³-hybridized carbons (Fsp3) is 0.647. The molecule has 2 atom stereocenters. The first-order chi connectivity index (χ1) is 9.28. The minimum atomic E-state index is 0.695. The summed E-state index contributed by atoms with van der Waals surface area (Å²) in [5.74, 6) is 0.975. The zero-order chi connectivity index (χ0) is 13.5. The van der Waals surface area contributed by atoms with E-state index in [1.807, 2.05) is 12.1 Å². The lowest BCUT2D eigenvalue weighted by Gasteiger charge is -2.17. The molecule has 0 saturated heterocycles. The Morgan fingerprint density at radius 1 is 1.21 bits per heavy atom. The molecule has 19 heavy (non-hydrogen) atoms. The number of hydrogen-bond acceptors (Lipinski definition) is 1. The minimum absolute atomic E-state index is 0.695. The molecule has 2 unspecified atom stereocenters. The molecule has 1 saturated carbocycles. The van der Waals surface area contributed by atoms with Gasteiger partial charge in [0.15, 0.2) is 0 Å². The highest BCUT2D eigenvalue weighted by Gasteiger charge is 2.17. The maximum absolute atomic E-state index is 6.02. The molecular formula is C17H26ClN. The Morgan fingerprint density at radius 3 is 2.89 bits per heavy atom. The van der Waals surface area contributed by atoms with Crippen molar-refractivity contribution in [1.29, 1.82) is 0 Å². The van der Waals surface area contributed by atoms with E-state index in [-0.39, 0.29) is 0 Å². The van der Waals surface area contributed by atoms with Crippen LogP contribution in [-0.4, -0.2) is 6.04 Å². The third-order valence-electron chi connectivity index (χ3n) is 4.27. The van der Waals surface area contributed by atoms with Crippen molar-refractivity contribution in [3.8, 4) is 0 Å². The van der Waals surface area contributed by atoms with Crippen LogP contribution in [0.1, 0.15) is 57.4 Å². The predicted molar refractivity (Wildman–Crippen MR) is 83.6 cm³/mol. The highest BCUT2D eigenvalue weighted by molar-refractivity contribution is 6.30. The Balaban J connectivity index is 1.77. The smallest absolute Gasteiger partial charge is 0.0409 e. The Morgan fingerprint density at radius 2 is 2.11 bits per heavy atom. The molecule has 1 aromatic rings. The third-order valence-corrected chi connectivity index (χ3v) is 4.50. The van der Waals surface area contributed by atoms with Crippen LogP contribution in [0.15, 0.2) is 24.3 Å². The van der Waals surface area contributed by atoms with Crippen LogP contribution in [0.4, 0.5) is 0 Å². The summed E-state index contributed by atoms with van der Waals surface area (Å²) in [4.78, 5) is 0. The van der Waals surface area contributed by atoms with E-state index >= 15 is 0 Å². The molecule has 1 nitrogen and oxygen atoms in total. The van der Waals surface area contributed by atoms with Crippen molar-refractivity contribution in [2.75, 3.05) is 0 Å². The van der Waals surface area contributed by atoms with Crippen LogP contribution < -0.4 is 5.32 Å². The summed E-state index contributed by atoms with van der Waals surface area (Å²) in [7, 11) is 0. The molecule has 1 aliphatic rings. The van der Waals surface area contributed by atoms with Crippen LogP contribution in [0.25, 0.3) is 0 Å². The van der Waals surface area contributed by atoms with Gasteiger partial charge in [0, 0.05) is 17.6 Å². The first-order valence-corrected chi connectivity index (χ1v) is 8.13. The Bertz CT molecular complexity index is 377. The number of halogens is 1. The lowest BCUT2D eigenvalue weighted by atomic mass is 9.95. The van der Waals surface area contributed by atoms with Gasteiger partial charge in [-0.05, 0) is 42.9 Å². The van der Waals surface area contributed by atoms with Crippen LogP contribution >= 0.6 is 11.6 Å². The topological polar surface area (TPSA) is 12.0 Å². The van der Waals surface area contributed by atoms with Gasteiger partial charge in [0.1, 0.15) is 0 Å². The highest BCUT2D eigenvalue weighted by atomic mass is 35.5. The van der Waals surface area contributed by atoms with Gasteiger partial charge in [-0.15, -0.1) is 0 Å². The normalized spacial score (nSPS) is 24.1. The zero-order valence-electron chi connectivity index (χ0n) is 12.0. The van der Waals surface area contributed by atoms with Gasteiger partial charge in [0.2, 0.25) is 0 Å². The lowest BCUT2D eigenvalue weighted by Crippen LogP contribution is -2.27. The molecule has 0 aromatic heterocycles. The lowest BCUT2D eigenvalue weighted by molar-refractivity contribution is 0.409. The standard InChI is InChI=1S/C17H26ClN/c1-2-5-14-6-4-9-17(11-10-14)19-13-15-7-3-8-16(18)12-15/h3,7-8,12,14,17,19H,2,4-6,9-11,13H2,1H3. The molecule has 0 amide bonds. The Kier molecular flexibility index (Phi) is 6.19. The van der Waals surface area contributed by atoms with Gasteiger partial charge >= 0.3 is 0 Å². The summed E-state index contributed by atoms with van der Waals surface area (Å²) in [6, 6.07) is 8.87. The second-order valence-corrected chi connectivity index (χ2v) is 6.31. The Hall–Kier alpha value is -0.530. The minimum Gasteiger partial charge on any atom is -0.310 e. The molecule has 1 aromatic carbocycles. The van der Waals surface area contributed by atoms with Gasteiger partial charge in [0.25, 0.3) is 0 Å². The molecule has 106 valence electrons. The molecule has 1 N–H and O–H groups in total. The predicted octanol–water partition coefficient (Wildman–Crippen LogP) is 5.18. The van der Waals surface area contributed by atoms with Gasteiger partial charge in [-0.2, -0.15) is 0 Å².